The molecule has 0 unspecified atom stereocenters. The summed E-state index contributed by atoms with van der Waals surface area (Å²) in [6.45, 7) is 0. The second-order valence-electron chi connectivity index (χ2n) is 6.76. The number of non-ortho nitro benzene ring substituents is 2. The Labute approximate surface area is 201 Å². The number of rotatable bonds is 7. The van der Waals surface area contributed by atoms with Gasteiger partial charge in [-0.05, 0) is 23.8 Å². The number of thioether (sulfide) groups is 1. The Morgan fingerprint density at radius 2 is 1.55 bits per heavy atom. The molecule has 33 heavy (non-hydrogen) atoms. The van der Waals surface area contributed by atoms with E-state index in [0.29, 0.717) is 26.6 Å². The van der Waals surface area contributed by atoms with Crippen LogP contribution in [-0.2, 0) is 5.75 Å². The zero-order chi connectivity index (χ0) is 23.5. The maximum absolute atomic E-state index is 11.4. The largest absolute Gasteiger partial charge is 0.277 e. The van der Waals surface area contributed by atoms with E-state index in [2.05, 4.69) is 10.2 Å². The summed E-state index contributed by atoms with van der Waals surface area (Å²) in [5.74, 6) is 0.737. The van der Waals surface area contributed by atoms with Crippen LogP contribution in [0.5, 0.6) is 0 Å². The normalized spacial score (nSPS) is 10.8. The van der Waals surface area contributed by atoms with E-state index in [1.165, 1.54) is 23.9 Å². The lowest BCUT2D eigenvalue weighted by Gasteiger charge is -2.12. The second-order valence-corrected chi connectivity index (χ2v) is 8.55. The Bertz CT molecular complexity index is 1330. The van der Waals surface area contributed by atoms with Crippen molar-refractivity contribution in [3.05, 3.63) is 103 Å². The van der Waals surface area contributed by atoms with Crippen molar-refractivity contribution in [2.24, 2.45) is 0 Å². The molecule has 1 aromatic heterocycles. The van der Waals surface area contributed by atoms with Gasteiger partial charge in [0.25, 0.3) is 11.4 Å². The number of hydrogen-bond donors (Lipinski definition) is 0. The number of benzene rings is 3. The van der Waals surface area contributed by atoms with Gasteiger partial charge in [0.15, 0.2) is 11.0 Å². The molecule has 0 amide bonds. The fourth-order valence-electron chi connectivity index (χ4n) is 3.09. The summed E-state index contributed by atoms with van der Waals surface area (Å²) < 4.78 is 1.61. The second kappa shape index (κ2) is 9.57. The van der Waals surface area contributed by atoms with E-state index < -0.39 is 21.2 Å². The molecule has 0 aliphatic carbocycles. The first-order valence-electron chi connectivity index (χ1n) is 9.35. The first-order chi connectivity index (χ1) is 15.8. The molecule has 4 aromatic rings. The highest BCUT2D eigenvalue weighted by molar-refractivity contribution is 7.98. The number of nitro benzene ring substituents is 2. The van der Waals surface area contributed by atoms with Gasteiger partial charge in [0.1, 0.15) is 0 Å². The van der Waals surface area contributed by atoms with Gasteiger partial charge in [-0.1, -0.05) is 65.3 Å². The third kappa shape index (κ3) is 4.98. The summed E-state index contributed by atoms with van der Waals surface area (Å²) in [7, 11) is 0. The minimum atomic E-state index is -0.697. The van der Waals surface area contributed by atoms with Crippen LogP contribution >= 0.6 is 35.0 Å². The monoisotopic (exact) mass is 501 g/mol. The van der Waals surface area contributed by atoms with Crippen molar-refractivity contribution in [3.63, 3.8) is 0 Å². The highest BCUT2D eigenvalue weighted by Crippen LogP contribution is 2.36. The third-order valence-corrected chi connectivity index (χ3v) is 6.12. The molecule has 0 radical (unpaired) electrons. The fraction of sp³-hybridized carbons (Fsp3) is 0.0476. The molecule has 0 spiro atoms. The molecular weight excluding hydrogens is 489 g/mol. The predicted molar refractivity (Wildman–Crippen MR) is 126 cm³/mol. The lowest BCUT2D eigenvalue weighted by Crippen LogP contribution is -2.02. The van der Waals surface area contributed by atoms with Crippen molar-refractivity contribution in [1.29, 1.82) is 0 Å². The van der Waals surface area contributed by atoms with E-state index in [1.54, 1.807) is 22.8 Å². The summed E-state index contributed by atoms with van der Waals surface area (Å²) >= 11 is 13.9. The molecular formula is C21H13Cl2N5O4S. The maximum atomic E-state index is 11.4. The molecule has 12 heteroatoms. The standard InChI is InChI=1S/C21H13Cl2N5O4S/c22-15-6-7-19(18(23)10-15)26-20(14-8-16(27(29)30)11-17(9-14)28(31)32)24-25-21(26)33-12-13-4-2-1-3-5-13/h1-11H,12H2. The minimum Gasteiger partial charge on any atom is -0.268 e. The van der Waals surface area contributed by atoms with Gasteiger partial charge < -0.3 is 0 Å². The lowest BCUT2D eigenvalue weighted by atomic mass is 10.1. The Morgan fingerprint density at radius 3 is 2.15 bits per heavy atom. The van der Waals surface area contributed by atoms with Gasteiger partial charge in [-0.3, -0.25) is 24.8 Å². The number of aromatic nitrogens is 3. The summed E-state index contributed by atoms with van der Waals surface area (Å²) in [5.41, 5.74) is 0.808. The molecule has 9 nitrogen and oxygen atoms in total. The van der Waals surface area contributed by atoms with E-state index in [0.717, 1.165) is 11.6 Å². The molecule has 0 bridgehead atoms. The van der Waals surface area contributed by atoms with Gasteiger partial charge in [-0.15, -0.1) is 10.2 Å². The average molecular weight is 502 g/mol. The van der Waals surface area contributed by atoms with E-state index >= 15 is 0 Å². The van der Waals surface area contributed by atoms with Crippen LogP contribution in [0.4, 0.5) is 11.4 Å². The molecule has 166 valence electrons. The summed E-state index contributed by atoms with van der Waals surface area (Å²) in [5, 5.41) is 32.3. The number of nitro groups is 2. The zero-order valence-corrected chi connectivity index (χ0v) is 18.9. The van der Waals surface area contributed by atoms with Crippen LogP contribution in [-0.4, -0.2) is 24.6 Å². The Morgan fingerprint density at radius 1 is 0.879 bits per heavy atom. The van der Waals surface area contributed by atoms with Crippen molar-refractivity contribution < 1.29 is 9.85 Å². The Balaban J connectivity index is 1.88. The molecule has 0 fully saturated rings. The van der Waals surface area contributed by atoms with E-state index in [-0.39, 0.29) is 11.4 Å². The Kier molecular flexibility index (Phi) is 6.59. The maximum Gasteiger partial charge on any atom is 0.277 e. The van der Waals surface area contributed by atoms with E-state index in [1.807, 2.05) is 30.3 Å². The molecule has 0 aliphatic heterocycles. The van der Waals surface area contributed by atoms with Crippen LogP contribution in [0.25, 0.3) is 17.1 Å². The smallest absolute Gasteiger partial charge is 0.268 e. The highest BCUT2D eigenvalue weighted by Gasteiger charge is 2.23. The first-order valence-corrected chi connectivity index (χ1v) is 11.1. The molecule has 0 saturated heterocycles. The Hall–Kier alpha value is -3.47. The van der Waals surface area contributed by atoms with Gasteiger partial charge in [-0.2, -0.15) is 0 Å². The van der Waals surface area contributed by atoms with Crippen molar-refractivity contribution in [1.82, 2.24) is 14.8 Å². The van der Waals surface area contributed by atoms with Crippen molar-refractivity contribution in [3.8, 4) is 17.1 Å². The van der Waals surface area contributed by atoms with Crippen molar-refractivity contribution in [2.75, 3.05) is 0 Å². The topological polar surface area (TPSA) is 117 Å². The third-order valence-electron chi connectivity index (χ3n) is 4.58. The molecule has 3 aromatic carbocycles. The van der Waals surface area contributed by atoms with Gasteiger partial charge in [0, 0.05) is 28.5 Å². The number of nitrogens with zero attached hydrogens (tertiary/aromatic N) is 5. The SMILES string of the molecule is O=[N+]([O-])c1cc(-c2nnc(SCc3ccccc3)n2-c2ccc(Cl)cc2Cl)cc([N+](=O)[O-])c1. The first kappa shape index (κ1) is 22.7. The van der Waals surface area contributed by atoms with Crippen LogP contribution in [0, 0.1) is 20.2 Å². The average Bonchev–Trinajstić information content (AvgIpc) is 3.21. The fourth-order valence-corrected chi connectivity index (χ4v) is 4.48. The summed E-state index contributed by atoms with van der Waals surface area (Å²) in [4.78, 5) is 21.3. The van der Waals surface area contributed by atoms with Gasteiger partial charge >= 0.3 is 0 Å². The molecule has 0 saturated carbocycles. The summed E-state index contributed by atoms with van der Waals surface area (Å²) in [6.07, 6.45) is 0. The van der Waals surface area contributed by atoms with Crippen LogP contribution in [0.3, 0.4) is 0 Å². The number of hydrogen-bond acceptors (Lipinski definition) is 7. The predicted octanol–water partition coefficient (Wildman–Crippen LogP) is 6.35. The quantitative estimate of drug-likeness (QED) is 0.164. The van der Waals surface area contributed by atoms with E-state index in [9.17, 15) is 20.2 Å². The van der Waals surface area contributed by atoms with E-state index in [4.69, 9.17) is 23.2 Å². The van der Waals surface area contributed by atoms with Gasteiger partial charge in [0.2, 0.25) is 0 Å². The summed E-state index contributed by atoms with van der Waals surface area (Å²) in [6, 6.07) is 17.8. The zero-order valence-electron chi connectivity index (χ0n) is 16.6. The molecule has 0 atom stereocenters. The van der Waals surface area contributed by atoms with Crippen LogP contribution < -0.4 is 0 Å². The van der Waals surface area contributed by atoms with Crippen LogP contribution in [0.1, 0.15) is 5.56 Å². The van der Waals surface area contributed by atoms with Gasteiger partial charge in [0.05, 0.1) is 26.6 Å². The molecule has 4 rings (SSSR count). The molecule has 0 N–H and O–H groups in total. The van der Waals surface area contributed by atoms with Crippen molar-refractivity contribution >= 4 is 46.3 Å². The van der Waals surface area contributed by atoms with Crippen molar-refractivity contribution in [2.45, 2.75) is 10.9 Å². The minimum absolute atomic E-state index is 0.154. The van der Waals surface area contributed by atoms with Gasteiger partial charge in [-0.25, -0.2) is 0 Å². The molecule has 0 aliphatic rings. The highest BCUT2D eigenvalue weighted by atomic mass is 35.5. The lowest BCUT2D eigenvalue weighted by molar-refractivity contribution is -0.394. The van der Waals surface area contributed by atoms with Crippen LogP contribution in [0.15, 0.2) is 71.9 Å². The number of halogens is 2. The van der Waals surface area contributed by atoms with Crippen LogP contribution in [0.2, 0.25) is 10.0 Å². The molecule has 1 heterocycles.